The standard InChI is InChI=1S/C9H13BrN2O/c1-3-5-8(13)9-7(10)6-11-12(9)4-2/h6H,3-5H2,1-2H3. The van der Waals surface area contributed by atoms with Gasteiger partial charge in [-0.05, 0) is 29.3 Å². The molecule has 1 aromatic heterocycles. The number of ketones is 1. The number of rotatable bonds is 4. The van der Waals surface area contributed by atoms with Gasteiger partial charge in [-0.1, -0.05) is 6.92 Å². The maximum absolute atomic E-state index is 11.6. The number of carbonyl (C=O) groups excluding carboxylic acids is 1. The van der Waals surface area contributed by atoms with E-state index in [9.17, 15) is 4.79 Å². The number of hydrogen-bond acceptors (Lipinski definition) is 2. The smallest absolute Gasteiger partial charge is 0.182 e. The molecular formula is C9H13BrN2O. The molecule has 13 heavy (non-hydrogen) atoms. The monoisotopic (exact) mass is 244 g/mol. The summed E-state index contributed by atoms with van der Waals surface area (Å²) in [6, 6.07) is 0. The Bertz CT molecular complexity index is 307. The topological polar surface area (TPSA) is 34.9 Å². The van der Waals surface area contributed by atoms with Crippen molar-refractivity contribution in [1.29, 1.82) is 0 Å². The molecule has 3 nitrogen and oxygen atoms in total. The van der Waals surface area contributed by atoms with Gasteiger partial charge in [-0.15, -0.1) is 0 Å². The number of carbonyl (C=O) groups is 1. The predicted molar refractivity (Wildman–Crippen MR) is 54.8 cm³/mol. The molecule has 0 aliphatic rings. The fourth-order valence-corrected chi connectivity index (χ4v) is 1.74. The zero-order chi connectivity index (χ0) is 9.84. The van der Waals surface area contributed by atoms with Gasteiger partial charge in [0, 0.05) is 13.0 Å². The van der Waals surface area contributed by atoms with Crippen molar-refractivity contribution in [2.24, 2.45) is 0 Å². The van der Waals surface area contributed by atoms with Gasteiger partial charge in [-0.2, -0.15) is 5.10 Å². The minimum Gasteiger partial charge on any atom is -0.292 e. The molecule has 0 saturated carbocycles. The molecular weight excluding hydrogens is 232 g/mol. The van der Waals surface area contributed by atoms with Crippen molar-refractivity contribution in [3.63, 3.8) is 0 Å². The lowest BCUT2D eigenvalue weighted by Crippen LogP contribution is -2.09. The maximum atomic E-state index is 11.6. The molecule has 0 fully saturated rings. The van der Waals surface area contributed by atoms with Gasteiger partial charge in [0.15, 0.2) is 5.78 Å². The van der Waals surface area contributed by atoms with E-state index in [-0.39, 0.29) is 5.78 Å². The lowest BCUT2D eigenvalue weighted by atomic mass is 10.2. The van der Waals surface area contributed by atoms with E-state index in [4.69, 9.17) is 0 Å². The molecule has 0 radical (unpaired) electrons. The molecule has 0 bridgehead atoms. The number of halogens is 1. The normalized spacial score (nSPS) is 10.4. The number of hydrogen-bond donors (Lipinski definition) is 0. The summed E-state index contributed by atoms with van der Waals surface area (Å²) in [5, 5.41) is 4.09. The lowest BCUT2D eigenvalue weighted by molar-refractivity contribution is 0.0970. The summed E-state index contributed by atoms with van der Waals surface area (Å²) in [4.78, 5) is 11.6. The highest BCUT2D eigenvalue weighted by Gasteiger charge is 2.14. The summed E-state index contributed by atoms with van der Waals surface area (Å²) in [5.74, 6) is 0.161. The van der Waals surface area contributed by atoms with Gasteiger partial charge >= 0.3 is 0 Å². The molecule has 1 aromatic rings. The molecule has 0 amide bonds. The highest BCUT2D eigenvalue weighted by Crippen LogP contribution is 2.18. The summed E-state index contributed by atoms with van der Waals surface area (Å²) in [6.45, 7) is 4.71. The summed E-state index contributed by atoms with van der Waals surface area (Å²) in [6.07, 6.45) is 3.14. The summed E-state index contributed by atoms with van der Waals surface area (Å²) >= 11 is 3.32. The molecule has 0 atom stereocenters. The van der Waals surface area contributed by atoms with Gasteiger partial charge in [-0.25, -0.2) is 0 Å². The van der Waals surface area contributed by atoms with Gasteiger partial charge in [0.05, 0.1) is 10.7 Å². The van der Waals surface area contributed by atoms with Gasteiger partial charge in [-0.3, -0.25) is 9.48 Å². The molecule has 0 N–H and O–H groups in total. The van der Waals surface area contributed by atoms with Crippen LogP contribution in [0.5, 0.6) is 0 Å². The Hall–Kier alpha value is -0.640. The van der Waals surface area contributed by atoms with Crippen LogP contribution in [0.15, 0.2) is 10.7 Å². The van der Waals surface area contributed by atoms with Crippen molar-refractivity contribution < 1.29 is 4.79 Å². The van der Waals surface area contributed by atoms with Gasteiger partial charge in [0.2, 0.25) is 0 Å². The number of aromatic nitrogens is 2. The van der Waals surface area contributed by atoms with Crippen LogP contribution >= 0.6 is 15.9 Å². The van der Waals surface area contributed by atoms with Crippen molar-refractivity contribution in [3.05, 3.63) is 16.4 Å². The van der Waals surface area contributed by atoms with Gasteiger partial charge < -0.3 is 0 Å². The second-order valence-corrected chi connectivity index (χ2v) is 3.68. The maximum Gasteiger partial charge on any atom is 0.182 e. The molecule has 0 aromatic carbocycles. The number of nitrogens with zero attached hydrogens (tertiary/aromatic N) is 2. The average Bonchev–Trinajstić information content (AvgIpc) is 2.47. The van der Waals surface area contributed by atoms with Crippen molar-refractivity contribution in [3.8, 4) is 0 Å². The van der Waals surface area contributed by atoms with Crippen LogP contribution in [0.3, 0.4) is 0 Å². The van der Waals surface area contributed by atoms with Gasteiger partial charge in [0.25, 0.3) is 0 Å². The molecule has 0 unspecified atom stereocenters. The molecule has 0 aliphatic carbocycles. The first kappa shape index (κ1) is 10.4. The highest BCUT2D eigenvalue weighted by atomic mass is 79.9. The first-order valence-corrected chi connectivity index (χ1v) is 5.24. The lowest BCUT2D eigenvalue weighted by Gasteiger charge is -2.02. The predicted octanol–water partition coefficient (Wildman–Crippen LogP) is 2.65. The fraction of sp³-hybridized carbons (Fsp3) is 0.556. The first-order chi connectivity index (χ1) is 6.20. The minimum absolute atomic E-state index is 0.161. The number of Topliss-reactive ketones (excluding diaryl/α,β-unsaturated/α-hetero) is 1. The molecule has 1 heterocycles. The van der Waals surface area contributed by atoms with Crippen LogP contribution in [0.4, 0.5) is 0 Å². The Labute approximate surface area is 86.3 Å². The van der Waals surface area contributed by atoms with Crippen LogP contribution in [0.1, 0.15) is 37.2 Å². The Morgan fingerprint density at radius 2 is 2.31 bits per heavy atom. The van der Waals surface area contributed by atoms with Gasteiger partial charge in [0.1, 0.15) is 5.69 Å². The zero-order valence-electron chi connectivity index (χ0n) is 7.88. The molecule has 1 rings (SSSR count). The molecule has 72 valence electrons. The summed E-state index contributed by atoms with van der Waals surface area (Å²) in [5.41, 5.74) is 0.698. The molecule has 0 saturated heterocycles. The summed E-state index contributed by atoms with van der Waals surface area (Å²) < 4.78 is 2.52. The van der Waals surface area contributed by atoms with E-state index in [1.54, 1.807) is 10.9 Å². The second kappa shape index (κ2) is 4.56. The molecule has 4 heteroatoms. The Morgan fingerprint density at radius 1 is 1.62 bits per heavy atom. The molecule has 0 aliphatic heterocycles. The Balaban J connectivity index is 2.96. The van der Waals surface area contributed by atoms with E-state index in [2.05, 4.69) is 21.0 Å². The third kappa shape index (κ3) is 2.18. The zero-order valence-corrected chi connectivity index (χ0v) is 9.47. The second-order valence-electron chi connectivity index (χ2n) is 2.83. The Kier molecular flexibility index (Phi) is 3.66. The number of aryl methyl sites for hydroxylation is 1. The van der Waals surface area contributed by atoms with Crippen LogP contribution in [-0.4, -0.2) is 15.6 Å². The van der Waals surface area contributed by atoms with Crippen LogP contribution < -0.4 is 0 Å². The quantitative estimate of drug-likeness (QED) is 0.764. The SMILES string of the molecule is CCCC(=O)c1c(Br)cnn1CC. The highest BCUT2D eigenvalue weighted by molar-refractivity contribution is 9.10. The van der Waals surface area contributed by atoms with Crippen molar-refractivity contribution in [2.75, 3.05) is 0 Å². The fourth-order valence-electron chi connectivity index (χ4n) is 1.22. The Morgan fingerprint density at radius 3 is 2.85 bits per heavy atom. The summed E-state index contributed by atoms with van der Waals surface area (Å²) in [7, 11) is 0. The van der Waals surface area contributed by atoms with Crippen LogP contribution in [-0.2, 0) is 6.54 Å². The van der Waals surface area contributed by atoms with Crippen molar-refractivity contribution in [2.45, 2.75) is 33.2 Å². The minimum atomic E-state index is 0.161. The van der Waals surface area contributed by atoms with E-state index in [0.29, 0.717) is 12.1 Å². The molecule has 0 spiro atoms. The van der Waals surface area contributed by atoms with E-state index < -0.39 is 0 Å². The van der Waals surface area contributed by atoms with Crippen LogP contribution in [0, 0.1) is 0 Å². The largest absolute Gasteiger partial charge is 0.292 e. The third-order valence-corrected chi connectivity index (χ3v) is 2.42. The van der Waals surface area contributed by atoms with E-state index in [1.807, 2.05) is 13.8 Å². The van der Waals surface area contributed by atoms with Crippen LogP contribution in [0.25, 0.3) is 0 Å². The first-order valence-electron chi connectivity index (χ1n) is 4.45. The average molecular weight is 245 g/mol. The van der Waals surface area contributed by atoms with E-state index in [0.717, 1.165) is 17.4 Å². The van der Waals surface area contributed by atoms with Crippen LogP contribution in [0.2, 0.25) is 0 Å². The van der Waals surface area contributed by atoms with E-state index in [1.165, 1.54) is 0 Å². The van der Waals surface area contributed by atoms with E-state index >= 15 is 0 Å². The van der Waals surface area contributed by atoms with Crippen molar-refractivity contribution >= 4 is 21.7 Å². The van der Waals surface area contributed by atoms with Crippen molar-refractivity contribution in [1.82, 2.24) is 9.78 Å². The third-order valence-electron chi connectivity index (χ3n) is 1.84.